The summed E-state index contributed by atoms with van der Waals surface area (Å²) in [4.78, 5) is 9.02. The lowest BCUT2D eigenvalue weighted by atomic mass is 10.3. The molecule has 2 heterocycles. The second-order valence-corrected chi connectivity index (χ2v) is 6.34. The van der Waals surface area contributed by atoms with E-state index in [-0.39, 0.29) is 0 Å². The zero-order valence-electron chi connectivity index (χ0n) is 14.4. The van der Waals surface area contributed by atoms with Crippen molar-refractivity contribution in [1.29, 1.82) is 0 Å². The maximum Gasteiger partial charge on any atom is 0.191 e. The largest absolute Gasteiger partial charge is 0.467 e. The quantitative estimate of drug-likeness (QED) is 0.392. The van der Waals surface area contributed by atoms with E-state index in [9.17, 15) is 0 Å². The molecule has 0 unspecified atom stereocenters. The minimum absolute atomic E-state index is 0.516. The summed E-state index contributed by atoms with van der Waals surface area (Å²) in [6, 6.07) is 3.78. The van der Waals surface area contributed by atoms with Gasteiger partial charge in [0, 0.05) is 38.0 Å². The van der Waals surface area contributed by atoms with Crippen LogP contribution in [0.25, 0.3) is 0 Å². The summed E-state index contributed by atoms with van der Waals surface area (Å²) in [6.07, 6.45) is 3.44. The van der Waals surface area contributed by atoms with Gasteiger partial charge in [-0.25, -0.2) is 4.98 Å². The average Bonchev–Trinajstić information content (AvgIpc) is 3.22. The number of aliphatic imine (C=N–C) groups is 1. The minimum atomic E-state index is 0.516. The molecule has 0 aliphatic carbocycles. The Kier molecular flexibility index (Phi) is 8.34. The fourth-order valence-electron chi connectivity index (χ4n) is 2.10. The van der Waals surface area contributed by atoms with Crippen molar-refractivity contribution in [3.8, 4) is 0 Å². The van der Waals surface area contributed by atoms with Crippen LogP contribution in [0.5, 0.6) is 0 Å². The van der Waals surface area contributed by atoms with E-state index in [0.717, 1.165) is 54.9 Å². The lowest BCUT2D eigenvalue weighted by molar-refractivity contribution is 0.105. The first kappa shape index (κ1) is 18.5. The highest BCUT2D eigenvalue weighted by molar-refractivity contribution is 7.09. The Morgan fingerprint density at radius 3 is 3.04 bits per heavy atom. The van der Waals surface area contributed by atoms with Crippen molar-refractivity contribution in [2.24, 2.45) is 4.99 Å². The molecule has 2 rings (SSSR count). The number of furan rings is 1. The Labute approximate surface area is 147 Å². The van der Waals surface area contributed by atoms with E-state index in [4.69, 9.17) is 9.15 Å². The third-order valence-electron chi connectivity index (χ3n) is 3.23. The van der Waals surface area contributed by atoms with Gasteiger partial charge in [0.05, 0.1) is 17.0 Å². The van der Waals surface area contributed by atoms with Gasteiger partial charge >= 0.3 is 0 Å². The number of aryl methyl sites for hydroxylation is 1. The van der Waals surface area contributed by atoms with E-state index >= 15 is 0 Å². The van der Waals surface area contributed by atoms with Gasteiger partial charge in [0.25, 0.3) is 0 Å². The first-order valence-electron chi connectivity index (χ1n) is 8.31. The molecular weight excluding hydrogens is 324 g/mol. The fraction of sp³-hybridized carbons (Fsp3) is 0.529. The number of thiazole rings is 1. The van der Waals surface area contributed by atoms with E-state index < -0.39 is 0 Å². The van der Waals surface area contributed by atoms with Gasteiger partial charge in [-0.3, -0.25) is 4.99 Å². The van der Waals surface area contributed by atoms with Gasteiger partial charge in [-0.15, -0.1) is 11.3 Å². The molecule has 6 nitrogen and oxygen atoms in total. The fourth-order valence-corrected chi connectivity index (χ4v) is 2.75. The molecule has 0 aliphatic heterocycles. The van der Waals surface area contributed by atoms with Crippen molar-refractivity contribution in [2.45, 2.75) is 33.3 Å². The lowest BCUT2D eigenvalue weighted by Crippen LogP contribution is -2.38. The summed E-state index contributed by atoms with van der Waals surface area (Å²) in [5.41, 5.74) is 1.13. The standard InChI is InChI=1S/C17H26N4O2S/c1-3-18-17(20-9-7-15-13-24-14(2)21-15)19-8-5-10-22-12-16-6-4-11-23-16/h4,6,11,13H,3,5,7-10,12H2,1-2H3,(H2,18,19,20). The normalized spacial score (nSPS) is 11.7. The smallest absolute Gasteiger partial charge is 0.191 e. The van der Waals surface area contributed by atoms with Gasteiger partial charge in [0.15, 0.2) is 5.96 Å². The molecule has 0 atom stereocenters. The van der Waals surface area contributed by atoms with Gasteiger partial charge in [0.2, 0.25) is 0 Å². The van der Waals surface area contributed by atoms with E-state index in [0.29, 0.717) is 13.2 Å². The molecule has 2 N–H and O–H groups in total. The summed E-state index contributed by atoms with van der Waals surface area (Å²) in [5, 5.41) is 9.81. The van der Waals surface area contributed by atoms with E-state index in [2.05, 4.69) is 32.9 Å². The van der Waals surface area contributed by atoms with Crippen molar-refractivity contribution in [3.05, 3.63) is 40.2 Å². The molecule has 132 valence electrons. The number of guanidine groups is 1. The van der Waals surface area contributed by atoms with Crippen molar-refractivity contribution >= 4 is 17.3 Å². The van der Waals surface area contributed by atoms with Gasteiger partial charge in [-0.1, -0.05) is 0 Å². The van der Waals surface area contributed by atoms with Crippen molar-refractivity contribution < 1.29 is 9.15 Å². The number of nitrogens with one attached hydrogen (secondary N) is 2. The first-order valence-corrected chi connectivity index (χ1v) is 9.19. The van der Waals surface area contributed by atoms with E-state index in [1.807, 2.05) is 19.1 Å². The Morgan fingerprint density at radius 2 is 2.33 bits per heavy atom. The molecule has 7 heteroatoms. The molecule has 0 aliphatic rings. The van der Waals surface area contributed by atoms with Crippen LogP contribution in [0.2, 0.25) is 0 Å². The Bertz CT molecular complexity index is 596. The zero-order valence-corrected chi connectivity index (χ0v) is 15.2. The number of ether oxygens (including phenoxy) is 1. The van der Waals surface area contributed by atoms with Crippen LogP contribution in [0.1, 0.15) is 29.8 Å². The second-order valence-electron chi connectivity index (χ2n) is 5.28. The Morgan fingerprint density at radius 1 is 1.42 bits per heavy atom. The van der Waals surface area contributed by atoms with Crippen LogP contribution in [0.15, 0.2) is 33.2 Å². The topological polar surface area (TPSA) is 71.7 Å². The lowest BCUT2D eigenvalue weighted by Gasteiger charge is -2.10. The molecule has 0 aromatic carbocycles. The van der Waals surface area contributed by atoms with Crippen LogP contribution in [-0.4, -0.2) is 37.2 Å². The maximum atomic E-state index is 5.55. The molecule has 0 amide bonds. The van der Waals surface area contributed by atoms with Crippen LogP contribution in [0, 0.1) is 6.92 Å². The van der Waals surface area contributed by atoms with Crippen molar-refractivity contribution in [2.75, 3.05) is 26.2 Å². The SMILES string of the molecule is CCNC(=NCCCOCc1ccco1)NCCc1csc(C)n1. The predicted octanol–water partition coefficient (Wildman–Crippen LogP) is 2.75. The third-order valence-corrected chi connectivity index (χ3v) is 4.05. The maximum absolute atomic E-state index is 5.55. The average molecular weight is 350 g/mol. The third kappa shape index (κ3) is 7.14. The Hall–Kier alpha value is -1.86. The van der Waals surface area contributed by atoms with Crippen LogP contribution in [0.3, 0.4) is 0 Å². The number of aromatic nitrogens is 1. The summed E-state index contributed by atoms with van der Waals surface area (Å²) in [6.45, 7) is 7.67. The van der Waals surface area contributed by atoms with Crippen LogP contribution in [-0.2, 0) is 17.8 Å². The highest BCUT2D eigenvalue weighted by atomic mass is 32.1. The second kappa shape index (κ2) is 10.8. The van der Waals surface area contributed by atoms with Gasteiger partial charge < -0.3 is 19.8 Å². The summed E-state index contributed by atoms with van der Waals surface area (Å²) < 4.78 is 10.8. The van der Waals surface area contributed by atoms with Crippen LogP contribution >= 0.6 is 11.3 Å². The Balaban J connectivity index is 1.60. The molecular formula is C17H26N4O2S. The van der Waals surface area contributed by atoms with Crippen molar-refractivity contribution in [1.82, 2.24) is 15.6 Å². The highest BCUT2D eigenvalue weighted by Crippen LogP contribution is 2.07. The summed E-state index contributed by atoms with van der Waals surface area (Å²) in [5.74, 6) is 1.70. The molecule has 0 bridgehead atoms. The molecule has 0 fully saturated rings. The van der Waals surface area contributed by atoms with Gasteiger partial charge in [0.1, 0.15) is 12.4 Å². The zero-order chi connectivity index (χ0) is 17.0. The molecule has 2 aromatic heterocycles. The number of hydrogen-bond donors (Lipinski definition) is 2. The van der Waals surface area contributed by atoms with E-state index in [1.54, 1.807) is 17.6 Å². The van der Waals surface area contributed by atoms with Crippen LogP contribution in [0.4, 0.5) is 0 Å². The molecule has 0 saturated carbocycles. The molecule has 0 spiro atoms. The van der Waals surface area contributed by atoms with Crippen molar-refractivity contribution in [3.63, 3.8) is 0 Å². The van der Waals surface area contributed by atoms with Crippen LogP contribution < -0.4 is 10.6 Å². The van der Waals surface area contributed by atoms with E-state index in [1.165, 1.54) is 0 Å². The molecule has 2 aromatic rings. The number of rotatable bonds is 10. The van der Waals surface area contributed by atoms with Gasteiger partial charge in [-0.2, -0.15) is 0 Å². The minimum Gasteiger partial charge on any atom is -0.467 e. The molecule has 0 saturated heterocycles. The molecule has 24 heavy (non-hydrogen) atoms. The highest BCUT2D eigenvalue weighted by Gasteiger charge is 2.00. The monoisotopic (exact) mass is 350 g/mol. The first-order chi connectivity index (χ1) is 11.8. The number of hydrogen-bond acceptors (Lipinski definition) is 5. The summed E-state index contributed by atoms with van der Waals surface area (Å²) in [7, 11) is 0. The molecule has 0 radical (unpaired) electrons. The number of nitrogens with zero attached hydrogens (tertiary/aromatic N) is 2. The predicted molar refractivity (Wildman–Crippen MR) is 97.5 cm³/mol. The van der Waals surface area contributed by atoms with Gasteiger partial charge in [-0.05, 0) is 32.4 Å². The summed E-state index contributed by atoms with van der Waals surface area (Å²) >= 11 is 1.69.